The molecule has 1 heterocycles. The molecule has 1 atom stereocenters. The highest BCUT2D eigenvalue weighted by Crippen LogP contribution is 2.10. The molecule has 1 aliphatic rings. The second-order valence-electron chi connectivity index (χ2n) is 6.00. The summed E-state index contributed by atoms with van der Waals surface area (Å²) in [5.41, 5.74) is 0. The fourth-order valence-electron chi connectivity index (χ4n) is 2.62. The Morgan fingerprint density at radius 1 is 1.06 bits per heavy atom. The average molecular weight is 256 g/mol. The summed E-state index contributed by atoms with van der Waals surface area (Å²) in [6, 6.07) is 0.751. The van der Waals surface area contributed by atoms with Crippen molar-refractivity contribution < 1.29 is 0 Å². The first-order chi connectivity index (χ1) is 8.59. The maximum Gasteiger partial charge on any atom is 0.0221 e. The molecule has 108 valence electrons. The first-order valence-corrected chi connectivity index (χ1v) is 7.34. The van der Waals surface area contributed by atoms with Gasteiger partial charge in [0.05, 0.1) is 0 Å². The molecule has 0 bridgehead atoms. The quantitative estimate of drug-likeness (QED) is 0.685. The summed E-state index contributed by atoms with van der Waals surface area (Å²) in [7, 11) is 8.64. The maximum absolute atomic E-state index is 3.54. The van der Waals surface area contributed by atoms with Crippen LogP contribution in [-0.4, -0.2) is 88.2 Å². The van der Waals surface area contributed by atoms with Crippen LogP contribution in [0.5, 0.6) is 0 Å². The summed E-state index contributed by atoms with van der Waals surface area (Å²) in [6.07, 6.45) is 3.92. The lowest BCUT2D eigenvalue weighted by atomic mass is 10.1. The summed E-state index contributed by atoms with van der Waals surface area (Å²) in [6.45, 7) is 7.23. The van der Waals surface area contributed by atoms with Crippen molar-refractivity contribution in [1.29, 1.82) is 0 Å². The van der Waals surface area contributed by atoms with Crippen molar-refractivity contribution in [1.82, 2.24) is 20.0 Å². The molecule has 1 fully saturated rings. The monoisotopic (exact) mass is 256 g/mol. The van der Waals surface area contributed by atoms with E-state index in [1.165, 1.54) is 52.0 Å². The molecule has 1 rings (SSSR count). The van der Waals surface area contributed by atoms with Crippen LogP contribution in [0, 0.1) is 0 Å². The molecule has 1 unspecified atom stereocenters. The minimum absolute atomic E-state index is 0.751. The lowest BCUT2D eigenvalue weighted by Gasteiger charge is -2.36. The van der Waals surface area contributed by atoms with Crippen LogP contribution in [0.25, 0.3) is 0 Å². The maximum atomic E-state index is 3.54. The highest BCUT2D eigenvalue weighted by molar-refractivity contribution is 4.80. The summed E-state index contributed by atoms with van der Waals surface area (Å²) < 4.78 is 0. The van der Waals surface area contributed by atoms with E-state index in [2.05, 4.69) is 48.2 Å². The van der Waals surface area contributed by atoms with Crippen molar-refractivity contribution in [2.75, 3.05) is 67.5 Å². The predicted octanol–water partition coefficient (Wildman–Crippen LogP) is 0.554. The topological polar surface area (TPSA) is 21.8 Å². The molecule has 18 heavy (non-hydrogen) atoms. The van der Waals surface area contributed by atoms with Gasteiger partial charge in [0.25, 0.3) is 0 Å². The Bertz CT molecular complexity index is 184. The molecular weight excluding hydrogens is 224 g/mol. The van der Waals surface area contributed by atoms with Crippen LogP contribution in [0.1, 0.15) is 19.3 Å². The molecule has 4 nitrogen and oxygen atoms in total. The molecule has 0 aromatic heterocycles. The third-order valence-corrected chi connectivity index (χ3v) is 3.67. The van der Waals surface area contributed by atoms with E-state index in [1.807, 2.05) is 0 Å². The van der Waals surface area contributed by atoms with Crippen LogP contribution < -0.4 is 5.32 Å². The fourth-order valence-corrected chi connectivity index (χ4v) is 2.62. The number of hydrogen-bond acceptors (Lipinski definition) is 4. The molecule has 1 N–H and O–H groups in total. The second kappa shape index (κ2) is 8.86. The predicted molar refractivity (Wildman–Crippen MR) is 79.2 cm³/mol. The molecule has 0 aromatic rings. The molecule has 0 aromatic carbocycles. The van der Waals surface area contributed by atoms with Gasteiger partial charge in [0.1, 0.15) is 0 Å². The van der Waals surface area contributed by atoms with Gasteiger partial charge in [-0.25, -0.2) is 0 Å². The lowest BCUT2D eigenvalue weighted by Crippen LogP contribution is -2.51. The van der Waals surface area contributed by atoms with Crippen molar-refractivity contribution >= 4 is 0 Å². The van der Waals surface area contributed by atoms with Gasteiger partial charge < -0.3 is 15.1 Å². The Morgan fingerprint density at radius 2 is 1.72 bits per heavy atom. The van der Waals surface area contributed by atoms with Gasteiger partial charge in [0.15, 0.2) is 0 Å². The molecule has 1 saturated heterocycles. The van der Waals surface area contributed by atoms with Crippen molar-refractivity contribution in [3.63, 3.8) is 0 Å². The van der Waals surface area contributed by atoms with Gasteiger partial charge >= 0.3 is 0 Å². The van der Waals surface area contributed by atoms with Crippen molar-refractivity contribution in [3.8, 4) is 0 Å². The number of hydrogen-bond donors (Lipinski definition) is 1. The van der Waals surface area contributed by atoms with Gasteiger partial charge in [-0.15, -0.1) is 0 Å². The zero-order valence-corrected chi connectivity index (χ0v) is 12.8. The molecule has 0 saturated carbocycles. The molecule has 0 spiro atoms. The van der Waals surface area contributed by atoms with E-state index in [9.17, 15) is 0 Å². The highest BCUT2D eigenvalue weighted by atomic mass is 15.2. The summed E-state index contributed by atoms with van der Waals surface area (Å²) >= 11 is 0. The number of nitrogens with one attached hydrogen (secondary N) is 1. The standard InChI is InChI=1S/C14H32N4/c1-16(2)9-5-7-14-13-15-8-12-18(14)11-6-10-17(3)4/h14-15H,5-13H2,1-4H3. The molecular formula is C14H32N4. The summed E-state index contributed by atoms with van der Waals surface area (Å²) in [5.74, 6) is 0. The van der Waals surface area contributed by atoms with Gasteiger partial charge in [-0.3, -0.25) is 4.90 Å². The average Bonchev–Trinajstić information content (AvgIpc) is 2.30. The van der Waals surface area contributed by atoms with E-state index in [0.717, 1.165) is 12.6 Å². The Hall–Kier alpha value is -0.160. The molecule has 0 amide bonds. The Kier molecular flexibility index (Phi) is 7.82. The zero-order valence-electron chi connectivity index (χ0n) is 12.8. The van der Waals surface area contributed by atoms with Gasteiger partial charge in [0.2, 0.25) is 0 Å². The van der Waals surface area contributed by atoms with Crippen molar-refractivity contribution in [3.05, 3.63) is 0 Å². The van der Waals surface area contributed by atoms with E-state index in [0.29, 0.717) is 0 Å². The van der Waals surface area contributed by atoms with E-state index < -0.39 is 0 Å². The summed E-state index contributed by atoms with van der Waals surface area (Å²) in [4.78, 5) is 7.26. The zero-order chi connectivity index (χ0) is 13.4. The van der Waals surface area contributed by atoms with E-state index in [1.54, 1.807) is 0 Å². The molecule has 0 aliphatic carbocycles. The van der Waals surface area contributed by atoms with E-state index in [-0.39, 0.29) is 0 Å². The normalized spacial score (nSPS) is 22.0. The minimum atomic E-state index is 0.751. The van der Waals surface area contributed by atoms with Gasteiger partial charge in [-0.05, 0) is 67.1 Å². The molecule has 4 heteroatoms. The van der Waals surface area contributed by atoms with Crippen molar-refractivity contribution in [2.24, 2.45) is 0 Å². The van der Waals surface area contributed by atoms with E-state index in [4.69, 9.17) is 0 Å². The van der Waals surface area contributed by atoms with Crippen molar-refractivity contribution in [2.45, 2.75) is 25.3 Å². The summed E-state index contributed by atoms with van der Waals surface area (Å²) in [5, 5.41) is 3.54. The van der Waals surface area contributed by atoms with Crippen LogP contribution in [0.2, 0.25) is 0 Å². The van der Waals surface area contributed by atoms with Crippen LogP contribution in [-0.2, 0) is 0 Å². The van der Waals surface area contributed by atoms with Gasteiger partial charge in [0, 0.05) is 25.7 Å². The Labute approximate surface area is 113 Å². The van der Waals surface area contributed by atoms with Gasteiger partial charge in [-0.1, -0.05) is 0 Å². The number of piperazine rings is 1. The number of nitrogens with zero attached hydrogens (tertiary/aromatic N) is 3. The van der Waals surface area contributed by atoms with E-state index >= 15 is 0 Å². The van der Waals surface area contributed by atoms with Crippen LogP contribution >= 0.6 is 0 Å². The van der Waals surface area contributed by atoms with Crippen LogP contribution in [0.3, 0.4) is 0 Å². The smallest absolute Gasteiger partial charge is 0.0221 e. The lowest BCUT2D eigenvalue weighted by molar-refractivity contribution is 0.143. The largest absolute Gasteiger partial charge is 0.314 e. The minimum Gasteiger partial charge on any atom is -0.314 e. The van der Waals surface area contributed by atoms with Gasteiger partial charge in [-0.2, -0.15) is 0 Å². The van der Waals surface area contributed by atoms with Crippen LogP contribution in [0.15, 0.2) is 0 Å². The molecule has 1 aliphatic heterocycles. The third kappa shape index (κ3) is 6.69. The SMILES string of the molecule is CN(C)CCCC1CNCCN1CCCN(C)C. The first kappa shape index (κ1) is 15.9. The molecule has 0 radical (unpaired) electrons. The third-order valence-electron chi connectivity index (χ3n) is 3.67. The first-order valence-electron chi connectivity index (χ1n) is 7.34. The number of rotatable bonds is 8. The van der Waals surface area contributed by atoms with Crippen LogP contribution in [0.4, 0.5) is 0 Å². The fraction of sp³-hybridized carbons (Fsp3) is 1.00. The Morgan fingerprint density at radius 3 is 2.39 bits per heavy atom. The second-order valence-corrected chi connectivity index (χ2v) is 6.00. The highest BCUT2D eigenvalue weighted by Gasteiger charge is 2.21. The Balaban J connectivity index is 2.23.